The Morgan fingerprint density at radius 1 is 1.04 bits per heavy atom. The van der Waals surface area contributed by atoms with E-state index in [1.807, 2.05) is 0 Å². The summed E-state index contributed by atoms with van der Waals surface area (Å²) in [4.78, 5) is 10.6. The topological polar surface area (TPSA) is 61.5 Å². The van der Waals surface area contributed by atoms with Crippen molar-refractivity contribution in [3.8, 4) is 0 Å². The Bertz CT molecular complexity index is 293. The van der Waals surface area contributed by atoms with Crippen molar-refractivity contribution in [3.05, 3.63) is 0 Å². The summed E-state index contributed by atoms with van der Waals surface area (Å²) in [6, 6.07) is 0. The smallest absolute Gasteiger partial charge is 0.304 e. The number of nitrogens with two attached hydrogens (primary N) is 1. The Morgan fingerprint density at radius 2 is 1.46 bits per heavy atom. The molecular weight excluding hydrogens is 465 g/mol. The van der Waals surface area contributed by atoms with Gasteiger partial charge < -0.3 is 15.2 Å². The molecular formula is C23H52INO3. The van der Waals surface area contributed by atoms with Gasteiger partial charge in [0.25, 0.3) is 0 Å². The summed E-state index contributed by atoms with van der Waals surface area (Å²) in [5.41, 5.74) is 5.00. The van der Waals surface area contributed by atoms with Gasteiger partial charge in [-0.3, -0.25) is 4.79 Å². The van der Waals surface area contributed by atoms with Crippen LogP contribution in [0.5, 0.6) is 0 Å². The van der Waals surface area contributed by atoms with Crippen LogP contribution in [0.3, 0.4) is 0 Å². The highest BCUT2D eigenvalue weighted by Crippen LogP contribution is 2.27. The third kappa shape index (κ3) is 40.7. The minimum absolute atomic E-state index is 0. The zero-order chi connectivity index (χ0) is 21.7. The van der Waals surface area contributed by atoms with Gasteiger partial charge in [0, 0.05) is 6.92 Å². The van der Waals surface area contributed by atoms with E-state index in [1.165, 1.54) is 65.3 Å². The monoisotopic (exact) mass is 517 g/mol. The second-order valence-electron chi connectivity index (χ2n) is 8.69. The van der Waals surface area contributed by atoms with Crippen LogP contribution in [0.2, 0.25) is 0 Å². The molecule has 4 nitrogen and oxygen atoms in total. The third-order valence-electron chi connectivity index (χ3n) is 3.67. The minimum Gasteiger partial charge on any atom is -0.436 e. The van der Waals surface area contributed by atoms with Crippen molar-refractivity contribution in [1.82, 2.24) is 0 Å². The van der Waals surface area contributed by atoms with Crippen LogP contribution in [0.1, 0.15) is 113 Å². The molecule has 1 fully saturated rings. The van der Waals surface area contributed by atoms with Crippen molar-refractivity contribution in [2.45, 2.75) is 119 Å². The number of unbranched alkanes of at least 4 members (excludes halogenated alkanes) is 1. The second kappa shape index (κ2) is 25.2. The van der Waals surface area contributed by atoms with Crippen molar-refractivity contribution in [2.75, 3.05) is 13.7 Å². The van der Waals surface area contributed by atoms with Gasteiger partial charge >= 0.3 is 5.97 Å². The Hall–Kier alpha value is 0.120. The zero-order valence-corrected chi connectivity index (χ0v) is 22.8. The second-order valence-corrected chi connectivity index (χ2v) is 8.69. The Morgan fingerprint density at radius 3 is 1.82 bits per heavy atom. The third-order valence-corrected chi connectivity index (χ3v) is 3.67. The van der Waals surface area contributed by atoms with E-state index >= 15 is 0 Å². The molecule has 0 spiro atoms. The van der Waals surface area contributed by atoms with E-state index in [1.54, 1.807) is 6.92 Å². The molecule has 28 heavy (non-hydrogen) atoms. The van der Waals surface area contributed by atoms with Gasteiger partial charge in [0.2, 0.25) is 0 Å². The highest BCUT2D eigenvalue weighted by molar-refractivity contribution is 14.0. The Kier molecular flexibility index (Phi) is 31.9. The number of halogens is 1. The molecule has 0 heterocycles. The van der Waals surface area contributed by atoms with Crippen molar-refractivity contribution >= 4 is 29.9 Å². The van der Waals surface area contributed by atoms with Crippen molar-refractivity contribution in [1.29, 1.82) is 0 Å². The number of hydrogen-bond acceptors (Lipinski definition) is 4. The van der Waals surface area contributed by atoms with E-state index in [2.05, 4.69) is 47.3 Å². The molecule has 0 aromatic heterocycles. The van der Waals surface area contributed by atoms with E-state index in [4.69, 9.17) is 9.47 Å². The first-order valence-corrected chi connectivity index (χ1v) is 11.0. The van der Waals surface area contributed by atoms with Crippen LogP contribution in [-0.4, -0.2) is 25.9 Å². The molecule has 1 saturated carbocycles. The summed E-state index contributed by atoms with van der Waals surface area (Å²) in [6.45, 7) is 17.0. The van der Waals surface area contributed by atoms with Crippen LogP contribution in [0, 0.1) is 11.3 Å². The van der Waals surface area contributed by atoms with Gasteiger partial charge in [0.15, 0.2) is 6.29 Å². The molecule has 0 aromatic rings. The van der Waals surface area contributed by atoms with Crippen LogP contribution in [0.4, 0.5) is 0 Å². The lowest BCUT2D eigenvalue weighted by atomic mass is 9.86. The summed E-state index contributed by atoms with van der Waals surface area (Å²) in [5, 5.41) is 0. The zero-order valence-electron chi connectivity index (χ0n) is 20.4. The molecule has 174 valence electrons. The maximum Gasteiger partial charge on any atom is 0.304 e. The van der Waals surface area contributed by atoms with Gasteiger partial charge in [0.1, 0.15) is 0 Å². The number of rotatable bonds is 7. The number of ether oxygens (including phenoxy) is 2. The number of esters is 1. The molecule has 0 bridgehead atoms. The minimum atomic E-state index is -0.399. The van der Waals surface area contributed by atoms with Gasteiger partial charge in [-0.1, -0.05) is 86.5 Å². The fourth-order valence-electron chi connectivity index (χ4n) is 2.36. The fraction of sp³-hybridized carbons (Fsp3) is 0.957. The SMILES string of the molecule is CC(=O)OC(C)OCCCC1CCCCC1.CC(C)(C)C.CCCC.CN.I. The molecule has 1 aliphatic carbocycles. The Labute approximate surface area is 194 Å². The molecule has 5 heteroatoms. The fourth-order valence-corrected chi connectivity index (χ4v) is 2.36. The highest BCUT2D eigenvalue weighted by atomic mass is 127. The lowest BCUT2D eigenvalue weighted by molar-refractivity contribution is -0.172. The molecule has 0 amide bonds. The van der Waals surface area contributed by atoms with Crippen LogP contribution in [0.25, 0.3) is 0 Å². The van der Waals surface area contributed by atoms with Gasteiger partial charge in [-0.25, -0.2) is 0 Å². The molecule has 1 unspecified atom stereocenters. The molecule has 1 atom stereocenters. The lowest BCUT2D eigenvalue weighted by Gasteiger charge is -2.21. The summed E-state index contributed by atoms with van der Waals surface area (Å²) in [5.74, 6) is 0.626. The molecule has 0 aliphatic heterocycles. The van der Waals surface area contributed by atoms with Crippen molar-refractivity contribution in [3.63, 3.8) is 0 Å². The molecule has 0 radical (unpaired) electrons. The summed E-state index contributed by atoms with van der Waals surface area (Å²) >= 11 is 0. The van der Waals surface area contributed by atoms with Gasteiger partial charge in [-0.05, 0) is 38.1 Å². The maximum atomic E-state index is 10.6. The van der Waals surface area contributed by atoms with Crippen LogP contribution in [0.15, 0.2) is 0 Å². The van der Waals surface area contributed by atoms with Gasteiger partial charge in [-0.2, -0.15) is 0 Å². The van der Waals surface area contributed by atoms with Crippen LogP contribution < -0.4 is 5.73 Å². The van der Waals surface area contributed by atoms with Crippen molar-refractivity contribution < 1.29 is 14.3 Å². The normalized spacial score (nSPS) is 14.5. The quantitative estimate of drug-likeness (QED) is 0.166. The number of carbonyl (C=O) groups excluding carboxylic acids is 1. The summed E-state index contributed by atoms with van der Waals surface area (Å²) in [6.07, 6.45) is 11.6. The first-order valence-electron chi connectivity index (χ1n) is 11.0. The van der Waals surface area contributed by atoms with Crippen LogP contribution >= 0.6 is 24.0 Å². The maximum absolute atomic E-state index is 10.6. The predicted octanol–water partition coefficient (Wildman–Crippen LogP) is 7.32. The lowest BCUT2D eigenvalue weighted by Crippen LogP contribution is -2.17. The van der Waals surface area contributed by atoms with E-state index < -0.39 is 6.29 Å². The van der Waals surface area contributed by atoms with E-state index in [0.717, 1.165) is 12.3 Å². The average molecular weight is 518 g/mol. The highest BCUT2D eigenvalue weighted by Gasteiger charge is 2.13. The van der Waals surface area contributed by atoms with Gasteiger partial charge in [0.05, 0.1) is 6.61 Å². The van der Waals surface area contributed by atoms with Crippen molar-refractivity contribution in [2.24, 2.45) is 17.1 Å². The predicted molar refractivity (Wildman–Crippen MR) is 134 cm³/mol. The molecule has 1 aliphatic rings. The standard InChI is InChI=1S/C13H24O3.C5H12.C4H10.CH5N.HI/c1-11(14)16-12(2)15-10-6-9-13-7-4-3-5-8-13;1-5(2,3)4;1-3-4-2;1-2;/h12-13H,3-10H2,1-2H3;1-4H3;3-4H2,1-2H3;2H2,1H3;1H. The first-order chi connectivity index (χ1) is 12.6. The van der Waals surface area contributed by atoms with Crippen LogP contribution in [-0.2, 0) is 14.3 Å². The molecule has 0 saturated heterocycles. The van der Waals surface area contributed by atoms with E-state index in [9.17, 15) is 4.79 Å². The molecule has 1 rings (SSSR count). The van der Waals surface area contributed by atoms with E-state index in [0.29, 0.717) is 12.0 Å². The number of carbonyl (C=O) groups is 1. The summed E-state index contributed by atoms with van der Waals surface area (Å²) < 4.78 is 10.3. The average Bonchev–Trinajstić information content (AvgIpc) is 2.59. The summed E-state index contributed by atoms with van der Waals surface area (Å²) in [7, 11) is 1.50. The van der Waals surface area contributed by atoms with E-state index in [-0.39, 0.29) is 29.9 Å². The number of hydrogen-bond donors (Lipinski definition) is 1. The Balaban J connectivity index is -0.000000200. The first kappa shape index (κ1) is 35.6. The molecule has 2 N–H and O–H groups in total. The molecule has 0 aromatic carbocycles. The largest absolute Gasteiger partial charge is 0.436 e. The van der Waals surface area contributed by atoms with Gasteiger partial charge in [-0.15, -0.1) is 24.0 Å².